The fourth-order valence-electron chi connectivity index (χ4n) is 1.73. The Bertz CT molecular complexity index is 448. The minimum atomic E-state index is -1.19. The van der Waals surface area contributed by atoms with Crippen LogP contribution in [0.5, 0.6) is 0 Å². The fourth-order valence-corrected chi connectivity index (χ4v) is 1.73. The van der Waals surface area contributed by atoms with E-state index in [0.29, 0.717) is 31.4 Å². The highest BCUT2D eigenvalue weighted by atomic mass is 16.5. The molecule has 1 aromatic heterocycles. The summed E-state index contributed by atoms with van der Waals surface area (Å²) >= 11 is 0. The van der Waals surface area contributed by atoms with E-state index in [1.165, 1.54) is 0 Å². The zero-order valence-corrected chi connectivity index (χ0v) is 8.60. The van der Waals surface area contributed by atoms with Crippen molar-refractivity contribution in [3.05, 3.63) is 27.9 Å². The van der Waals surface area contributed by atoms with Crippen LogP contribution in [0.4, 0.5) is 0 Å². The summed E-state index contributed by atoms with van der Waals surface area (Å²) in [6.07, 6.45) is 1.47. The van der Waals surface area contributed by atoms with Gasteiger partial charge in [0.1, 0.15) is 5.82 Å². The van der Waals surface area contributed by atoms with E-state index in [1.54, 1.807) is 0 Å². The first kappa shape index (κ1) is 10.8. The van der Waals surface area contributed by atoms with E-state index >= 15 is 0 Å². The van der Waals surface area contributed by atoms with Gasteiger partial charge >= 0.3 is 5.97 Å². The number of hydrogen-bond donors (Lipinski definition) is 2. The number of H-pyrrole nitrogens is 1. The van der Waals surface area contributed by atoms with Crippen LogP contribution in [0.25, 0.3) is 0 Å². The Morgan fingerprint density at radius 2 is 2.50 bits per heavy atom. The van der Waals surface area contributed by atoms with E-state index in [-0.39, 0.29) is 5.69 Å². The summed E-state index contributed by atoms with van der Waals surface area (Å²) in [6.45, 7) is 1.36. The van der Waals surface area contributed by atoms with E-state index in [1.807, 2.05) is 0 Å². The number of aromatic carboxylic acids is 1. The second-order valence-corrected chi connectivity index (χ2v) is 3.82. The summed E-state index contributed by atoms with van der Waals surface area (Å²) in [4.78, 5) is 28.3. The van der Waals surface area contributed by atoms with Crippen LogP contribution in [-0.4, -0.2) is 34.3 Å². The molecule has 1 fully saturated rings. The molecule has 1 unspecified atom stereocenters. The monoisotopic (exact) mass is 224 g/mol. The number of nitrogens with one attached hydrogen (secondary N) is 1. The smallest absolute Gasteiger partial charge is 0.354 e. The van der Waals surface area contributed by atoms with E-state index in [2.05, 4.69) is 9.97 Å². The maximum Gasteiger partial charge on any atom is 0.354 e. The highest BCUT2D eigenvalue weighted by Gasteiger charge is 2.18. The van der Waals surface area contributed by atoms with Crippen LogP contribution >= 0.6 is 0 Å². The van der Waals surface area contributed by atoms with Crippen molar-refractivity contribution in [2.75, 3.05) is 13.2 Å². The molecule has 2 rings (SSSR count). The van der Waals surface area contributed by atoms with Crippen LogP contribution in [0.1, 0.15) is 22.7 Å². The van der Waals surface area contributed by atoms with Crippen LogP contribution < -0.4 is 5.56 Å². The quantitative estimate of drug-likeness (QED) is 0.756. The molecule has 0 aliphatic carbocycles. The lowest BCUT2D eigenvalue weighted by Crippen LogP contribution is -2.18. The Hall–Kier alpha value is -1.69. The molecule has 0 spiro atoms. The van der Waals surface area contributed by atoms with Gasteiger partial charge in [0.05, 0.1) is 0 Å². The molecular weight excluding hydrogens is 212 g/mol. The largest absolute Gasteiger partial charge is 0.477 e. The average Bonchev–Trinajstić information content (AvgIpc) is 2.69. The van der Waals surface area contributed by atoms with Crippen molar-refractivity contribution in [2.24, 2.45) is 5.92 Å². The first-order valence-electron chi connectivity index (χ1n) is 5.06. The Balaban J connectivity index is 2.19. The first-order chi connectivity index (χ1) is 7.65. The summed E-state index contributed by atoms with van der Waals surface area (Å²) in [5.41, 5.74) is -0.640. The number of aromatic amines is 1. The molecule has 0 radical (unpaired) electrons. The van der Waals surface area contributed by atoms with Crippen molar-refractivity contribution in [3.63, 3.8) is 0 Å². The molecule has 0 saturated carbocycles. The lowest BCUT2D eigenvalue weighted by molar-refractivity contribution is 0.0689. The number of hydrogen-bond acceptors (Lipinski definition) is 4. The van der Waals surface area contributed by atoms with E-state index in [4.69, 9.17) is 9.84 Å². The van der Waals surface area contributed by atoms with E-state index in [0.717, 1.165) is 12.5 Å². The molecule has 0 amide bonds. The maximum absolute atomic E-state index is 11.2. The van der Waals surface area contributed by atoms with Gasteiger partial charge in [-0.2, -0.15) is 0 Å². The van der Waals surface area contributed by atoms with Crippen molar-refractivity contribution in [2.45, 2.75) is 12.8 Å². The number of carbonyl (C=O) groups is 1. The van der Waals surface area contributed by atoms with Gasteiger partial charge in [-0.25, -0.2) is 9.78 Å². The molecule has 0 aromatic carbocycles. The molecule has 1 aromatic rings. The normalized spacial score (nSPS) is 19.9. The predicted octanol–water partition coefficient (Wildman–Crippen LogP) is 0.0471. The molecule has 2 N–H and O–H groups in total. The average molecular weight is 224 g/mol. The molecule has 6 heteroatoms. The van der Waals surface area contributed by atoms with Crippen LogP contribution in [0.15, 0.2) is 10.9 Å². The summed E-state index contributed by atoms with van der Waals surface area (Å²) in [5, 5.41) is 8.75. The van der Waals surface area contributed by atoms with Gasteiger partial charge < -0.3 is 14.8 Å². The molecule has 6 nitrogen and oxygen atoms in total. The Morgan fingerprint density at radius 3 is 3.12 bits per heavy atom. The Morgan fingerprint density at radius 1 is 1.69 bits per heavy atom. The number of rotatable bonds is 3. The molecule has 16 heavy (non-hydrogen) atoms. The van der Waals surface area contributed by atoms with Crippen molar-refractivity contribution in [1.82, 2.24) is 9.97 Å². The van der Waals surface area contributed by atoms with Crippen molar-refractivity contribution in [1.29, 1.82) is 0 Å². The SMILES string of the molecule is O=C(O)c1cc(=O)[nH]c(CC2CCOC2)n1. The van der Waals surface area contributed by atoms with Gasteiger partial charge in [0, 0.05) is 25.7 Å². The molecule has 1 saturated heterocycles. The summed E-state index contributed by atoms with van der Waals surface area (Å²) in [7, 11) is 0. The van der Waals surface area contributed by atoms with Gasteiger partial charge in [-0.1, -0.05) is 0 Å². The van der Waals surface area contributed by atoms with Gasteiger partial charge in [0.2, 0.25) is 0 Å². The summed E-state index contributed by atoms with van der Waals surface area (Å²) in [5.74, 6) is -0.456. The molecule has 1 aliphatic rings. The Labute approximate surface area is 91.3 Å². The van der Waals surface area contributed by atoms with E-state index in [9.17, 15) is 9.59 Å². The molecule has 2 heterocycles. The molecule has 1 aliphatic heterocycles. The highest BCUT2D eigenvalue weighted by Crippen LogP contribution is 2.15. The molecule has 1 atom stereocenters. The van der Waals surface area contributed by atoms with Crippen molar-refractivity contribution >= 4 is 5.97 Å². The number of ether oxygens (including phenoxy) is 1. The number of carboxylic acid groups (broad SMARTS) is 1. The van der Waals surface area contributed by atoms with Gasteiger partial charge in [-0.3, -0.25) is 4.79 Å². The zero-order chi connectivity index (χ0) is 11.5. The lowest BCUT2D eigenvalue weighted by atomic mass is 10.0. The second kappa shape index (κ2) is 4.44. The predicted molar refractivity (Wildman–Crippen MR) is 54.4 cm³/mol. The minimum absolute atomic E-state index is 0.210. The van der Waals surface area contributed by atoms with Gasteiger partial charge in [0.25, 0.3) is 5.56 Å². The number of carboxylic acids is 1. The van der Waals surface area contributed by atoms with E-state index < -0.39 is 11.5 Å². The zero-order valence-electron chi connectivity index (χ0n) is 8.60. The standard InChI is InChI=1S/C10H12N2O4/c13-9-4-7(10(14)15)11-8(12-9)3-6-1-2-16-5-6/h4,6H,1-3,5H2,(H,14,15)(H,11,12,13). The van der Waals surface area contributed by atoms with Crippen LogP contribution in [0.3, 0.4) is 0 Å². The number of aromatic nitrogens is 2. The fraction of sp³-hybridized carbons (Fsp3) is 0.500. The van der Waals surface area contributed by atoms with Crippen LogP contribution in [-0.2, 0) is 11.2 Å². The topological polar surface area (TPSA) is 92.3 Å². The summed E-state index contributed by atoms with van der Waals surface area (Å²) < 4.78 is 5.20. The van der Waals surface area contributed by atoms with Gasteiger partial charge in [-0.15, -0.1) is 0 Å². The third kappa shape index (κ3) is 2.46. The number of nitrogens with zero attached hydrogens (tertiary/aromatic N) is 1. The lowest BCUT2D eigenvalue weighted by Gasteiger charge is -2.06. The molecular formula is C10H12N2O4. The third-order valence-electron chi connectivity index (χ3n) is 2.52. The summed E-state index contributed by atoms with van der Waals surface area (Å²) in [6, 6.07) is 0.983. The van der Waals surface area contributed by atoms with Crippen LogP contribution in [0.2, 0.25) is 0 Å². The Kier molecular flexibility index (Phi) is 3.00. The third-order valence-corrected chi connectivity index (χ3v) is 2.52. The van der Waals surface area contributed by atoms with Crippen molar-refractivity contribution in [3.8, 4) is 0 Å². The van der Waals surface area contributed by atoms with Crippen molar-refractivity contribution < 1.29 is 14.6 Å². The minimum Gasteiger partial charge on any atom is -0.477 e. The van der Waals surface area contributed by atoms with Crippen LogP contribution in [0, 0.1) is 5.92 Å². The van der Waals surface area contributed by atoms with Gasteiger partial charge in [-0.05, 0) is 12.3 Å². The van der Waals surface area contributed by atoms with Gasteiger partial charge in [0.15, 0.2) is 5.69 Å². The molecule has 86 valence electrons. The molecule has 0 bridgehead atoms. The first-order valence-corrected chi connectivity index (χ1v) is 5.06. The maximum atomic E-state index is 11.2. The second-order valence-electron chi connectivity index (χ2n) is 3.82. The highest BCUT2D eigenvalue weighted by molar-refractivity contribution is 5.85.